The minimum absolute atomic E-state index is 0.369. The predicted molar refractivity (Wildman–Crippen MR) is 126 cm³/mol. The van der Waals surface area contributed by atoms with E-state index in [0.29, 0.717) is 17.7 Å². The van der Waals surface area contributed by atoms with Crippen LogP contribution in [0.2, 0.25) is 0 Å². The molecule has 1 heterocycles. The first kappa shape index (κ1) is 22.4. The molecule has 2 aromatic carbocycles. The Morgan fingerprint density at radius 2 is 2.03 bits per heavy atom. The lowest BCUT2D eigenvalue weighted by Gasteiger charge is -2.17. The molecule has 160 valence electrons. The van der Waals surface area contributed by atoms with Gasteiger partial charge in [-0.25, -0.2) is 9.78 Å². The lowest BCUT2D eigenvalue weighted by molar-refractivity contribution is -0.139. The van der Waals surface area contributed by atoms with Crippen LogP contribution in [0.1, 0.15) is 27.9 Å². The van der Waals surface area contributed by atoms with Crippen LogP contribution >= 0.6 is 11.8 Å². The van der Waals surface area contributed by atoms with Crippen LogP contribution in [0, 0.1) is 6.92 Å². The van der Waals surface area contributed by atoms with Crippen LogP contribution in [0.5, 0.6) is 0 Å². The van der Waals surface area contributed by atoms with Crippen LogP contribution in [0.3, 0.4) is 0 Å². The number of benzene rings is 2. The maximum Gasteiger partial charge on any atom is 0.326 e. The highest BCUT2D eigenvalue weighted by Gasteiger charge is 2.22. The van der Waals surface area contributed by atoms with Crippen LogP contribution in [-0.4, -0.2) is 44.6 Å². The number of nitrogens with zero attached hydrogens (tertiary/aromatic N) is 2. The van der Waals surface area contributed by atoms with Gasteiger partial charge in [-0.15, -0.1) is 0 Å². The summed E-state index contributed by atoms with van der Waals surface area (Å²) in [5.74, 6) is -0.767. The number of carboxylic acid groups (broad SMARTS) is 1. The van der Waals surface area contributed by atoms with Crippen LogP contribution in [0.15, 0.2) is 61.2 Å². The molecule has 3 rings (SSSR count). The van der Waals surface area contributed by atoms with E-state index in [1.165, 1.54) is 0 Å². The molecule has 0 aliphatic carbocycles. The second-order valence-corrected chi connectivity index (χ2v) is 8.08. The van der Waals surface area contributed by atoms with Crippen molar-refractivity contribution in [3.05, 3.63) is 77.9 Å². The fraction of sp³-hybridized carbons (Fsp3) is 0.208. The number of imidazole rings is 1. The molecule has 1 atom stereocenters. The van der Waals surface area contributed by atoms with E-state index < -0.39 is 17.9 Å². The van der Waals surface area contributed by atoms with E-state index in [1.54, 1.807) is 30.4 Å². The zero-order valence-corrected chi connectivity index (χ0v) is 18.3. The van der Waals surface area contributed by atoms with Gasteiger partial charge in [-0.2, -0.15) is 11.8 Å². The number of aliphatic carboxylic acids is 1. The molecule has 7 heteroatoms. The Balaban J connectivity index is 1.97. The predicted octanol–water partition coefficient (Wildman–Crippen LogP) is 4.42. The largest absolute Gasteiger partial charge is 0.480 e. The summed E-state index contributed by atoms with van der Waals surface area (Å²) in [5.41, 5.74) is 4.09. The Bertz CT molecular complexity index is 1080. The van der Waals surface area contributed by atoms with Crippen molar-refractivity contribution < 1.29 is 14.7 Å². The van der Waals surface area contributed by atoms with Crippen molar-refractivity contribution in [3.8, 4) is 11.1 Å². The molecule has 0 aliphatic rings. The topological polar surface area (TPSA) is 84.2 Å². The number of aryl methyl sites for hydroxylation is 1. The van der Waals surface area contributed by atoms with E-state index in [4.69, 9.17) is 0 Å². The Morgan fingerprint density at radius 3 is 2.71 bits per heavy atom. The van der Waals surface area contributed by atoms with Crippen molar-refractivity contribution in [2.45, 2.75) is 19.4 Å². The molecule has 1 unspecified atom stereocenters. The smallest absolute Gasteiger partial charge is 0.326 e. The van der Waals surface area contributed by atoms with Gasteiger partial charge in [0, 0.05) is 24.2 Å². The second-order valence-electron chi connectivity index (χ2n) is 7.09. The number of carbonyl (C=O) groups is 2. The molecule has 2 N–H and O–H groups in total. The maximum absolute atomic E-state index is 13.1. The van der Waals surface area contributed by atoms with Gasteiger partial charge in [0.1, 0.15) is 6.04 Å². The van der Waals surface area contributed by atoms with E-state index in [9.17, 15) is 14.7 Å². The SMILES string of the molecule is CSCCC(NC(=O)c1ccc(/C=C/n2ccnc2)cc1-c1ccccc1C)C(=O)O. The highest BCUT2D eigenvalue weighted by molar-refractivity contribution is 7.98. The van der Waals surface area contributed by atoms with E-state index in [-0.39, 0.29) is 0 Å². The third kappa shape index (κ3) is 5.86. The average molecular weight is 436 g/mol. The molecule has 0 fully saturated rings. The van der Waals surface area contributed by atoms with E-state index in [1.807, 2.05) is 72.6 Å². The van der Waals surface area contributed by atoms with Gasteiger partial charge < -0.3 is 15.0 Å². The standard InChI is InChI=1S/C24H25N3O3S/c1-17-5-3-4-6-19(17)21-15-18(9-12-27-13-11-25-16-27)7-8-20(21)23(28)26-22(24(29)30)10-14-31-2/h3-9,11-13,15-16,22H,10,14H2,1-2H3,(H,26,28)(H,29,30)/b12-9+. The van der Waals surface area contributed by atoms with E-state index in [2.05, 4.69) is 10.3 Å². The zero-order valence-electron chi connectivity index (χ0n) is 17.5. The van der Waals surface area contributed by atoms with Gasteiger partial charge in [-0.05, 0) is 65.8 Å². The molecule has 0 spiro atoms. The van der Waals surface area contributed by atoms with Crippen LogP contribution in [-0.2, 0) is 4.79 Å². The van der Waals surface area contributed by atoms with Crippen LogP contribution in [0.25, 0.3) is 23.4 Å². The first-order valence-corrected chi connectivity index (χ1v) is 11.3. The molecule has 3 aromatic rings. The molecule has 1 aromatic heterocycles. The number of hydrogen-bond donors (Lipinski definition) is 2. The van der Waals surface area contributed by atoms with Crippen LogP contribution in [0.4, 0.5) is 0 Å². The lowest BCUT2D eigenvalue weighted by atomic mass is 9.93. The Morgan fingerprint density at radius 1 is 1.23 bits per heavy atom. The molecule has 6 nitrogen and oxygen atoms in total. The first-order valence-electron chi connectivity index (χ1n) is 9.88. The third-order valence-corrected chi connectivity index (χ3v) is 5.55. The fourth-order valence-electron chi connectivity index (χ4n) is 3.22. The minimum atomic E-state index is -1.03. The van der Waals surface area contributed by atoms with Crippen molar-refractivity contribution in [1.29, 1.82) is 0 Å². The summed E-state index contributed by atoms with van der Waals surface area (Å²) in [4.78, 5) is 28.7. The Hall–Kier alpha value is -3.32. The number of aromatic nitrogens is 2. The number of amides is 1. The van der Waals surface area contributed by atoms with Gasteiger partial charge in [0.25, 0.3) is 5.91 Å². The number of rotatable bonds is 9. The average Bonchev–Trinajstić information content (AvgIpc) is 3.29. The highest BCUT2D eigenvalue weighted by atomic mass is 32.2. The summed E-state index contributed by atoms with van der Waals surface area (Å²) in [5, 5.41) is 12.2. The van der Waals surface area contributed by atoms with Crippen LogP contribution < -0.4 is 5.32 Å². The van der Waals surface area contributed by atoms with Crippen molar-refractivity contribution in [2.75, 3.05) is 12.0 Å². The number of hydrogen-bond acceptors (Lipinski definition) is 4. The third-order valence-electron chi connectivity index (χ3n) is 4.90. The van der Waals surface area contributed by atoms with E-state index in [0.717, 1.165) is 22.3 Å². The Labute approximate surface area is 186 Å². The molecule has 0 radical (unpaired) electrons. The summed E-state index contributed by atoms with van der Waals surface area (Å²) in [6, 6.07) is 12.4. The number of carbonyl (C=O) groups excluding carboxylic acids is 1. The van der Waals surface area contributed by atoms with Gasteiger partial charge in [-0.3, -0.25) is 4.79 Å². The molecular formula is C24H25N3O3S. The van der Waals surface area contributed by atoms with Gasteiger partial charge in [0.2, 0.25) is 0 Å². The molecule has 0 saturated carbocycles. The number of carboxylic acids is 1. The van der Waals surface area contributed by atoms with Gasteiger partial charge >= 0.3 is 5.97 Å². The molecule has 1 amide bonds. The first-order chi connectivity index (χ1) is 15.0. The lowest BCUT2D eigenvalue weighted by Crippen LogP contribution is -2.41. The highest BCUT2D eigenvalue weighted by Crippen LogP contribution is 2.29. The quantitative estimate of drug-likeness (QED) is 0.520. The van der Waals surface area contributed by atoms with Crippen molar-refractivity contribution in [3.63, 3.8) is 0 Å². The van der Waals surface area contributed by atoms with Crippen molar-refractivity contribution in [1.82, 2.24) is 14.9 Å². The summed E-state index contributed by atoms with van der Waals surface area (Å²) in [6.07, 6.45) is 11.3. The van der Waals surface area contributed by atoms with Crippen molar-refractivity contribution >= 4 is 35.9 Å². The summed E-state index contributed by atoms with van der Waals surface area (Å²) >= 11 is 1.55. The summed E-state index contributed by atoms with van der Waals surface area (Å²) in [6.45, 7) is 1.99. The van der Waals surface area contributed by atoms with Gasteiger partial charge in [0.15, 0.2) is 0 Å². The summed E-state index contributed by atoms with van der Waals surface area (Å²) < 4.78 is 1.83. The van der Waals surface area contributed by atoms with Gasteiger partial charge in [0.05, 0.1) is 6.33 Å². The number of thioether (sulfide) groups is 1. The second kappa shape index (κ2) is 10.6. The molecular weight excluding hydrogens is 410 g/mol. The number of nitrogens with one attached hydrogen (secondary N) is 1. The molecule has 0 saturated heterocycles. The van der Waals surface area contributed by atoms with E-state index >= 15 is 0 Å². The summed E-state index contributed by atoms with van der Waals surface area (Å²) in [7, 11) is 0. The van der Waals surface area contributed by atoms with Crippen molar-refractivity contribution in [2.24, 2.45) is 0 Å². The zero-order chi connectivity index (χ0) is 22.2. The normalized spacial score (nSPS) is 12.1. The molecule has 31 heavy (non-hydrogen) atoms. The minimum Gasteiger partial charge on any atom is -0.480 e. The van der Waals surface area contributed by atoms with Gasteiger partial charge in [-0.1, -0.05) is 30.3 Å². The molecule has 0 bridgehead atoms. The maximum atomic E-state index is 13.1. The molecule has 0 aliphatic heterocycles. The fourth-order valence-corrected chi connectivity index (χ4v) is 3.69. The Kier molecular flexibility index (Phi) is 7.67. The monoisotopic (exact) mass is 435 g/mol.